The van der Waals surface area contributed by atoms with E-state index < -0.39 is 33.1 Å². The van der Waals surface area contributed by atoms with Crippen LogP contribution in [0.2, 0.25) is 4.34 Å². The summed E-state index contributed by atoms with van der Waals surface area (Å²) in [6, 6.07) is 9.44. The fraction of sp³-hybridized carbons (Fsp3) is 0.0500. The standard InChI is InChI=1S/C20H15ClFN5O5S2.K.H2/c1-23-15-9-14-12(8-13(15)22)18(28)27(20(30)25-14)11-4-2-10(3-5-11)24-19(29)26-34(31,32)17-7-6-16(21)33-17;;/h2-9,23H,1H3,(H,25,30)(H2,24,26,29);;1H. The third-order valence-electron chi connectivity index (χ3n) is 4.68. The van der Waals surface area contributed by atoms with Gasteiger partial charge in [0.25, 0.3) is 15.6 Å². The number of rotatable bonds is 5. The fourth-order valence-electron chi connectivity index (χ4n) is 3.13. The second kappa shape index (κ2) is 10.9. The molecule has 2 aromatic carbocycles. The Balaban J connectivity index is 0.00000228. The average molecular weight is 565 g/mol. The Hall–Kier alpha value is -2.04. The number of halogens is 2. The number of hydrogen-bond acceptors (Lipinski definition) is 7. The number of urea groups is 1. The molecular weight excluding hydrogens is 548 g/mol. The molecule has 0 unspecified atom stereocenters. The van der Waals surface area contributed by atoms with E-state index in [0.717, 1.165) is 22.0 Å². The molecule has 179 valence electrons. The molecule has 0 aliphatic carbocycles. The number of H-pyrrole nitrogens is 1. The molecule has 35 heavy (non-hydrogen) atoms. The van der Waals surface area contributed by atoms with Crippen LogP contribution in [0.4, 0.5) is 20.6 Å². The van der Waals surface area contributed by atoms with E-state index in [4.69, 9.17) is 11.6 Å². The van der Waals surface area contributed by atoms with E-state index in [1.165, 1.54) is 49.5 Å². The number of carbonyl (C=O) groups is 1. The minimum atomic E-state index is -4.10. The number of aromatic amines is 1. The number of sulfonamides is 1. The molecule has 1 radical (unpaired) electrons. The molecule has 0 atom stereocenters. The van der Waals surface area contributed by atoms with Crippen molar-refractivity contribution in [2.24, 2.45) is 0 Å². The van der Waals surface area contributed by atoms with Crippen LogP contribution in [-0.2, 0) is 10.0 Å². The number of nitrogens with one attached hydrogen (secondary N) is 4. The summed E-state index contributed by atoms with van der Waals surface area (Å²) in [5.41, 5.74) is -0.850. The van der Waals surface area contributed by atoms with Gasteiger partial charge in [0.15, 0.2) is 0 Å². The number of thiophene rings is 1. The molecule has 4 rings (SSSR count). The molecule has 0 aliphatic rings. The maximum atomic E-state index is 14.1. The second-order valence-electron chi connectivity index (χ2n) is 6.86. The van der Waals surface area contributed by atoms with Gasteiger partial charge in [-0.3, -0.25) is 4.79 Å². The monoisotopic (exact) mass is 564 g/mol. The molecule has 0 saturated heterocycles. The summed E-state index contributed by atoms with van der Waals surface area (Å²) in [6.07, 6.45) is 0. The van der Waals surface area contributed by atoms with Gasteiger partial charge in [0.05, 0.1) is 26.6 Å². The van der Waals surface area contributed by atoms with Crippen LogP contribution in [-0.4, -0.2) is 82.4 Å². The topological polar surface area (TPSA) is 142 Å². The first-order valence-electron chi connectivity index (χ1n) is 9.45. The SMILES string of the molecule is CNc1cc2[nH]c(=O)n(-c3ccc(NC(=O)NS(=O)(=O)c4ccc(Cl)s4)cc3)c(=O)c2cc1F.[HH].[K]. The summed E-state index contributed by atoms with van der Waals surface area (Å²) in [5, 5.41) is 4.94. The van der Waals surface area contributed by atoms with E-state index in [9.17, 15) is 27.2 Å². The van der Waals surface area contributed by atoms with Crippen LogP contribution in [0.15, 0.2) is 62.3 Å². The van der Waals surface area contributed by atoms with Crippen molar-refractivity contribution < 1.29 is 19.0 Å². The van der Waals surface area contributed by atoms with Crippen molar-refractivity contribution in [2.45, 2.75) is 4.21 Å². The molecule has 0 bridgehead atoms. The summed E-state index contributed by atoms with van der Waals surface area (Å²) in [4.78, 5) is 40.0. The first kappa shape index (κ1) is 27.5. The van der Waals surface area contributed by atoms with Gasteiger partial charge in [-0.1, -0.05) is 11.6 Å². The number of hydrogen-bond donors (Lipinski definition) is 4. The average Bonchev–Trinajstić information content (AvgIpc) is 3.22. The Bertz CT molecular complexity index is 1660. The Kier molecular flexibility index (Phi) is 8.59. The molecule has 2 amide bonds. The molecule has 2 aromatic heterocycles. The van der Waals surface area contributed by atoms with E-state index in [1.54, 1.807) is 0 Å². The smallest absolute Gasteiger partial charge is 0.333 e. The van der Waals surface area contributed by atoms with Gasteiger partial charge >= 0.3 is 11.7 Å². The van der Waals surface area contributed by atoms with E-state index in [2.05, 4.69) is 15.6 Å². The zero-order valence-electron chi connectivity index (χ0n) is 18.2. The second-order valence-corrected chi connectivity index (χ2v) is 10.5. The first-order valence-corrected chi connectivity index (χ1v) is 12.1. The van der Waals surface area contributed by atoms with Crippen molar-refractivity contribution in [3.63, 3.8) is 0 Å². The molecule has 2 heterocycles. The Morgan fingerprint density at radius 3 is 2.43 bits per heavy atom. The van der Waals surface area contributed by atoms with Crippen molar-refractivity contribution >= 4 is 113 Å². The molecule has 0 spiro atoms. The predicted molar refractivity (Wildman–Crippen MR) is 136 cm³/mol. The van der Waals surface area contributed by atoms with Crippen LogP contribution < -0.4 is 26.6 Å². The quantitative estimate of drug-likeness (QED) is 0.275. The normalized spacial score (nSPS) is 11.1. The number of nitrogens with zero attached hydrogens (tertiary/aromatic N) is 1. The maximum Gasteiger partial charge on any atom is 0.333 e. The fourth-order valence-corrected chi connectivity index (χ4v) is 5.52. The van der Waals surface area contributed by atoms with Crippen molar-refractivity contribution in [3.8, 4) is 5.69 Å². The van der Waals surface area contributed by atoms with Gasteiger partial charge < -0.3 is 15.6 Å². The number of aromatic nitrogens is 2. The van der Waals surface area contributed by atoms with E-state index in [1.807, 2.05) is 4.72 Å². The van der Waals surface area contributed by atoms with Crippen LogP contribution in [0.25, 0.3) is 16.6 Å². The summed E-state index contributed by atoms with van der Waals surface area (Å²) < 4.78 is 41.3. The third-order valence-corrected chi connectivity index (χ3v) is 7.73. The van der Waals surface area contributed by atoms with Gasteiger partial charge in [-0.2, -0.15) is 0 Å². The van der Waals surface area contributed by atoms with Crippen LogP contribution in [0, 0.1) is 5.82 Å². The molecule has 4 aromatic rings. The van der Waals surface area contributed by atoms with Gasteiger partial charge in [-0.15, -0.1) is 11.3 Å². The van der Waals surface area contributed by atoms with Gasteiger partial charge in [0.2, 0.25) is 0 Å². The van der Waals surface area contributed by atoms with E-state index in [0.29, 0.717) is 0 Å². The van der Waals surface area contributed by atoms with Crippen LogP contribution in [0.1, 0.15) is 1.43 Å². The zero-order chi connectivity index (χ0) is 24.6. The number of anilines is 2. The molecule has 0 fully saturated rings. The Labute approximate surface area is 250 Å². The Morgan fingerprint density at radius 2 is 1.83 bits per heavy atom. The van der Waals surface area contributed by atoms with E-state index >= 15 is 0 Å². The molecular formula is C20H17ClFKN5O5S2. The van der Waals surface area contributed by atoms with Gasteiger partial charge in [0, 0.05) is 65.5 Å². The third kappa shape index (κ3) is 5.86. The predicted octanol–water partition coefficient (Wildman–Crippen LogP) is 2.95. The number of fused-ring (bicyclic) bond motifs is 1. The number of carbonyl (C=O) groups excluding carboxylic acids is 1. The van der Waals surface area contributed by atoms with Crippen molar-refractivity contribution in [3.05, 3.63) is 79.5 Å². The molecule has 15 heteroatoms. The van der Waals surface area contributed by atoms with Crippen molar-refractivity contribution in [1.82, 2.24) is 14.3 Å². The van der Waals surface area contributed by atoms with Crippen LogP contribution >= 0.6 is 22.9 Å². The minimum absolute atomic E-state index is 0. The molecule has 4 N–H and O–H groups in total. The largest absolute Gasteiger partial charge is 0.386 e. The minimum Gasteiger partial charge on any atom is -0.386 e. The number of benzene rings is 2. The molecule has 10 nitrogen and oxygen atoms in total. The molecule has 0 saturated carbocycles. The van der Waals surface area contributed by atoms with Crippen LogP contribution in [0.5, 0.6) is 0 Å². The Morgan fingerprint density at radius 1 is 1.14 bits per heavy atom. The first-order chi connectivity index (χ1) is 16.1. The van der Waals surface area contributed by atoms with Gasteiger partial charge in [-0.25, -0.2) is 31.7 Å². The summed E-state index contributed by atoms with van der Waals surface area (Å²) in [5.74, 6) is -0.656. The van der Waals surface area contributed by atoms with Crippen molar-refractivity contribution in [1.29, 1.82) is 0 Å². The maximum absolute atomic E-state index is 14.1. The van der Waals surface area contributed by atoms with Crippen molar-refractivity contribution in [2.75, 3.05) is 17.7 Å². The van der Waals surface area contributed by atoms with Gasteiger partial charge in [-0.05, 0) is 48.5 Å². The number of amides is 2. The molecule has 0 aliphatic heterocycles. The van der Waals surface area contributed by atoms with Gasteiger partial charge in [0.1, 0.15) is 10.0 Å². The van der Waals surface area contributed by atoms with Crippen LogP contribution in [0.3, 0.4) is 0 Å². The van der Waals surface area contributed by atoms with E-state index in [-0.39, 0.29) is 89.3 Å². The summed E-state index contributed by atoms with van der Waals surface area (Å²) in [6.45, 7) is 0. The summed E-state index contributed by atoms with van der Waals surface area (Å²) in [7, 11) is -2.60. The zero-order valence-corrected chi connectivity index (χ0v) is 23.7. The summed E-state index contributed by atoms with van der Waals surface area (Å²) >= 11 is 6.52.